The largest absolute Gasteiger partial charge is 0.497 e. The van der Waals surface area contributed by atoms with E-state index in [1.54, 1.807) is 14.2 Å². The number of hydrogen-bond donors (Lipinski definition) is 0. The standard InChI is InChI=1S/C27H31NO2/c1-29-24-9-3-6-21(18-24)11-15-27(14-5-8-23-20-28-17-13-26(23)27)16-12-22-7-4-10-25(19-22)30-2/h3-4,6-7,9-10,13,17-20H,5,8,11-12,14-16H2,1-2H3. The van der Waals surface area contributed by atoms with Crippen molar-refractivity contribution in [2.75, 3.05) is 14.2 Å². The monoisotopic (exact) mass is 401 g/mol. The van der Waals surface area contributed by atoms with Crippen molar-refractivity contribution in [3.63, 3.8) is 0 Å². The summed E-state index contributed by atoms with van der Waals surface area (Å²) in [6.45, 7) is 0. The van der Waals surface area contributed by atoms with Gasteiger partial charge in [0.05, 0.1) is 14.2 Å². The van der Waals surface area contributed by atoms with E-state index in [9.17, 15) is 0 Å². The Morgan fingerprint density at radius 2 is 1.50 bits per heavy atom. The number of fused-ring (bicyclic) bond motifs is 1. The lowest BCUT2D eigenvalue weighted by atomic mass is 9.65. The van der Waals surface area contributed by atoms with Crippen molar-refractivity contribution in [1.29, 1.82) is 0 Å². The average molecular weight is 402 g/mol. The molecule has 4 rings (SSSR count). The smallest absolute Gasteiger partial charge is 0.119 e. The summed E-state index contributed by atoms with van der Waals surface area (Å²) in [5.41, 5.74) is 5.81. The molecule has 3 aromatic rings. The minimum atomic E-state index is 0.183. The van der Waals surface area contributed by atoms with Gasteiger partial charge in [-0.1, -0.05) is 24.3 Å². The number of benzene rings is 2. The van der Waals surface area contributed by atoms with E-state index in [2.05, 4.69) is 53.6 Å². The van der Waals surface area contributed by atoms with Gasteiger partial charge in [0.2, 0.25) is 0 Å². The Hall–Kier alpha value is -2.81. The van der Waals surface area contributed by atoms with Crippen molar-refractivity contribution in [2.24, 2.45) is 0 Å². The number of methoxy groups -OCH3 is 2. The molecule has 0 bridgehead atoms. The number of rotatable bonds is 8. The van der Waals surface area contributed by atoms with Gasteiger partial charge in [-0.3, -0.25) is 4.98 Å². The third kappa shape index (κ3) is 4.51. The van der Waals surface area contributed by atoms with Crippen molar-refractivity contribution in [3.8, 4) is 11.5 Å². The van der Waals surface area contributed by atoms with Crippen LogP contribution >= 0.6 is 0 Å². The summed E-state index contributed by atoms with van der Waals surface area (Å²) in [6.07, 6.45) is 12.0. The van der Waals surface area contributed by atoms with Gasteiger partial charge in [0.25, 0.3) is 0 Å². The van der Waals surface area contributed by atoms with E-state index in [1.807, 2.05) is 18.3 Å². The molecular weight excluding hydrogens is 370 g/mol. The van der Waals surface area contributed by atoms with Crippen LogP contribution in [0.15, 0.2) is 67.0 Å². The van der Waals surface area contributed by atoms with Crippen LogP contribution in [0.1, 0.15) is 47.9 Å². The minimum Gasteiger partial charge on any atom is -0.497 e. The van der Waals surface area contributed by atoms with Crippen molar-refractivity contribution in [1.82, 2.24) is 4.98 Å². The van der Waals surface area contributed by atoms with Gasteiger partial charge in [0.15, 0.2) is 0 Å². The molecular formula is C27H31NO2. The Bertz CT molecular complexity index is 930. The first kappa shape index (κ1) is 20.5. The molecule has 1 aliphatic rings. The van der Waals surface area contributed by atoms with E-state index in [0.717, 1.165) is 43.6 Å². The molecule has 0 radical (unpaired) electrons. The third-order valence-corrected chi connectivity index (χ3v) is 6.63. The Labute approximate surface area is 180 Å². The summed E-state index contributed by atoms with van der Waals surface area (Å²) in [5, 5.41) is 0. The van der Waals surface area contributed by atoms with E-state index >= 15 is 0 Å². The first-order chi connectivity index (χ1) is 14.7. The highest BCUT2D eigenvalue weighted by Crippen LogP contribution is 2.44. The maximum atomic E-state index is 5.44. The Morgan fingerprint density at radius 3 is 2.10 bits per heavy atom. The van der Waals surface area contributed by atoms with Crippen molar-refractivity contribution in [3.05, 3.63) is 89.2 Å². The summed E-state index contributed by atoms with van der Waals surface area (Å²) in [6, 6.07) is 19.3. The number of aromatic nitrogens is 1. The van der Waals surface area contributed by atoms with Crippen molar-refractivity contribution < 1.29 is 9.47 Å². The molecule has 2 aromatic carbocycles. The summed E-state index contributed by atoms with van der Waals surface area (Å²) in [4.78, 5) is 4.41. The van der Waals surface area contributed by atoms with Crippen molar-refractivity contribution in [2.45, 2.75) is 50.4 Å². The number of hydrogen-bond acceptors (Lipinski definition) is 3. The third-order valence-electron chi connectivity index (χ3n) is 6.63. The first-order valence-corrected chi connectivity index (χ1v) is 10.9. The summed E-state index contributed by atoms with van der Waals surface area (Å²) < 4.78 is 10.9. The number of aryl methyl sites for hydroxylation is 3. The molecule has 0 aliphatic heterocycles. The molecule has 0 N–H and O–H groups in total. The van der Waals surface area contributed by atoms with Gasteiger partial charge >= 0.3 is 0 Å². The number of ether oxygens (including phenoxy) is 2. The topological polar surface area (TPSA) is 31.4 Å². The molecule has 0 unspecified atom stereocenters. The van der Waals surface area contributed by atoms with Gasteiger partial charge < -0.3 is 9.47 Å². The predicted molar refractivity (Wildman–Crippen MR) is 121 cm³/mol. The van der Waals surface area contributed by atoms with Crippen LogP contribution in [-0.2, 0) is 24.7 Å². The number of nitrogens with zero attached hydrogens (tertiary/aromatic N) is 1. The fourth-order valence-corrected chi connectivity index (χ4v) is 4.96. The maximum Gasteiger partial charge on any atom is 0.119 e. The van der Waals surface area contributed by atoms with Crippen LogP contribution in [0.3, 0.4) is 0 Å². The van der Waals surface area contributed by atoms with Crippen LogP contribution < -0.4 is 9.47 Å². The van der Waals surface area contributed by atoms with Crippen LogP contribution in [0.5, 0.6) is 11.5 Å². The average Bonchev–Trinajstić information content (AvgIpc) is 2.82. The minimum absolute atomic E-state index is 0.183. The van der Waals surface area contributed by atoms with Crippen LogP contribution in [0, 0.1) is 0 Å². The number of pyridine rings is 1. The molecule has 3 nitrogen and oxygen atoms in total. The molecule has 156 valence electrons. The quantitative estimate of drug-likeness (QED) is 0.468. The predicted octanol–water partition coefficient (Wildman–Crippen LogP) is 5.94. The van der Waals surface area contributed by atoms with Gasteiger partial charge in [-0.05, 0) is 103 Å². The van der Waals surface area contributed by atoms with Crippen LogP contribution in [0.25, 0.3) is 0 Å². The first-order valence-electron chi connectivity index (χ1n) is 10.9. The summed E-state index contributed by atoms with van der Waals surface area (Å²) in [5.74, 6) is 1.87. The lowest BCUT2D eigenvalue weighted by Gasteiger charge is -2.40. The molecule has 0 amide bonds. The van der Waals surface area contributed by atoms with E-state index in [4.69, 9.17) is 9.47 Å². The zero-order valence-electron chi connectivity index (χ0n) is 18.1. The Balaban J connectivity index is 1.60. The Morgan fingerprint density at radius 1 is 0.867 bits per heavy atom. The Kier molecular flexibility index (Phi) is 6.37. The van der Waals surface area contributed by atoms with Gasteiger partial charge in [0, 0.05) is 12.4 Å². The van der Waals surface area contributed by atoms with E-state index in [1.165, 1.54) is 35.1 Å². The van der Waals surface area contributed by atoms with Crippen molar-refractivity contribution >= 4 is 0 Å². The fourth-order valence-electron chi connectivity index (χ4n) is 4.96. The molecule has 3 heteroatoms. The fraction of sp³-hybridized carbons (Fsp3) is 0.370. The zero-order chi connectivity index (χ0) is 20.8. The van der Waals surface area contributed by atoms with Gasteiger partial charge in [-0.25, -0.2) is 0 Å². The zero-order valence-corrected chi connectivity index (χ0v) is 18.1. The van der Waals surface area contributed by atoms with E-state index in [-0.39, 0.29) is 5.41 Å². The lowest BCUT2D eigenvalue weighted by Crippen LogP contribution is -2.32. The van der Waals surface area contributed by atoms with Gasteiger partial charge in [-0.2, -0.15) is 0 Å². The maximum absolute atomic E-state index is 5.44. The molecule has 0 saturated carbocycles. The molecule has 0 spiro atoms. The molecule has 0 atom stereocenters. The van der Waals surface area contributed by atoms with Crippen LogP contribution in [0.2, 0.25) is 0 Å². The highest BCUT2D eigenvalue weighted by molar-refractivity contribution is 5.37. The molecule has 30 heavy (non-hydrogen) atoms. The van der Waals surface area contributed by atoms with Crippen LogP contribution in [0.4, 0.5) is 0 Å². The SMILES string of the molecule is COc1cccc(CCC2(CCc3cccc(OC)c3)CCCc3cnccc32)c1. The normalized spacial score (nSPS) is 14.7. The van der Waals surface area contributed by atoms with Gasteiger partial charge in [0.1, 0.15) is 11.5 Å². The second-order valence-electron chi connectivity index (χ2n) is 8.37. The molecule has 0 saturated heterocycles. The molecule has 1 aromatic heterocycles. The highest BCUT2D eigenvalue weighted by Gasteiger charge is 2.35. The summed E-state index contributed by atoms with van der Waals surface area (Å²) >= 11 is 0. The highest BCUT2D eigenvalue weighted by atomic mass is 16.5. The second-order valence-corrected chi connectivity index (χ2v) is 8.37. The van der Waals surface area contributed by atoms with E-state index < -0.39 is 0 Å². The van der Waals surface area contributed by atoms with E-state index in [0.29, 0.717) is 0 Å². The van der Waals surface area contributed by atoms with Crippen LogP contribution in [-0.4, -0.2) is 19.2 Å². The molecule has 1 heterocycles. The van der Waals surface area contributed by atoms with Gasteiger partial charge in [-0.15, -0.1) is 0 Å². The molecule has 0 fully saturated rings. The summed E-state index contributed by atoms with van der Waals surface area (Å²) in [7, 11) is 3.47. The molecule has 1 aliphatic carbocycles. The second kappa shape index (κ2) is 9.34. The lowest BCUT2D eigenvalue weighted by molar-refractivity contribution is 0.310.